The Morgan fingerprint density at radius 2 is 1.53 bits per heavy atom. The van der Waals surface area contributed by atoms with Crippen LogP contribution < -0.4 is 14.4 Å². The van der Waals surface area contributed by atoms with Crippen LogP contribution in [0.5, 0.6) is 17.2 Å². The van der Waals surface area contributed by atoms with Crippen LogP contribution in [0.1, 0.15) is 34.8 Å². The van der Waals surface area contributed by atoms with E-state index in [0.717, 1.165) is 11.3 Å². The third kappa shape index (κ3) is 5.57. The van der Waals surface area contributed by atoms with Crippen molar-refractivity contribution in [3.8, 4) is 17.2 Å². The Hall–Kier alpha value is -4.13. The molecule has 1 saturated heterocycles. The van der Waals surface area contributed by atoms with Gasteiger partial charge in [0.15, 0.2) is 6.10 Å². The largest absolute Gasteiger partial charge is 0.497 e. The molecule has 2 atom stereocenters. The van der Waals surface area contributed by atoms with Crippen molar-refractivity contribution >= 4 is 23.3 Å². The average Bonchev–Trinajstić information content (AvgIpc) is 3.28. The third-order valence-corrected chi connectivity index (χ3v) is 6.36. The van der Waals surface area contributed by atoms with Gasteiger partial charge in [0.1, 0.15) is 17.2 Å². The molecule has 0 bridgehead atoms. The molecule has 0 unspecified atom stereocenters. The van der Waals surface area contributed by atoms with Crippen LogP contribution in [0.4, 0.5) is 5.69 Å². The first-order valence-electron chi connectivity index (χ1n) is 11.8. The molecule has 0 spiro atoms. The van der Waals surface area contributed by atoms with Gasteiger partial charge in [-0.3, -0.25) is 14.4 Å². The zero-order valence-corrected chi connectivity index (χ0v) is 20.8. The van der Waals surface area contributed by atoms with E-state index in [4.69, 9.17) is 14.2 Å². The Balaban J connectivity index is 1.35. The van der Waals surface area contributed by atoms with Gasteiger partial charge in [-0.15, -0.1) is 0 Å². The van der Waals surface area contributed by atoms with Crippen molar-refractivity contribution in [1.82, 2.24) is 0 Å². The summed E-state index contributed by atoms with van der Waals surface area (Å²) in [5.74, 6) is 0.329. The number of amides is 1. The second-order valence-electron chi connectivity index (χ2n) is 8.92. The Labute approximate surface area is 210 Å². The number of benzene rings is 3. The standard InChI is InChI=1S/C29H29NO6/c1-18-5-10-26(15-19(18)2)36-25-13-8-23(9-14-25)30-17-22(16-27(30)31)29(33)35-20(3)28(32)21-6-11-24(34-4)12-7-21/h5-15,20,22H,16-17H2,1-4H3/t20-,22+/m0/s1. The second kappa shape index (κ2) is 10.6. The number of nitrogens with zero attached hydrogens (tertiary/aromatic N) is 1. The summed E-state index contributed by atoms with van der Waals surface area (Å²) in [5, 5.41) is 0. The Kier molecular flexibility index (Phi) is 7.38. The molecule has 0 aromatic heterocycles. The summed E-state index contributed by atoms with van der Waals surface area (Å²) >= 11 is 0. The van der Waals surface area contributed by atoms with Crippen molar-refractivity contribution in [2.24, 2.45) is 5.92 Å². The topological polar surface area (TPSA) is 82.1 Å². The molecule has 186 valence electrons. The molecule has 7 heteroatoms. The van der Waals surface area contributed by atoms with Crippen molar-refractivity contribution in [2.75, 3.05) is 18.6 Å². The first-order chi connectivity index (χ1) is 17.2. The second-order valence-corrected chi connectivity index (χ2v) is 8.92. The van der Waals surface area contributed by atoms with Crippen LogP contribution in [0.15, 0.2) is 66.7 Å². The van der Waals surface area contributed by atoms with E-state index in [0.29, 0.717) is 22.7 Å². The minimum absolute atomic E-state index is 0.0309. The lowest BCUT2D eigenvalue weighted by Crippen LogP contribution is -2.30. The van der Waals surface area contributed by atoms with Crippen LogP contribution in [0.2, 0.25) is 0 Å². The molecule has 0 saturated carbocycles. The predicted molar refractivity (Wildman–Crippen MR) is 136 cm³/mol. The highest BCUT2D eigenvalue weighted by molar-refractivity contribution is 6.02. The predicted octanol–water partition coefficient (Wildman–Crippen LogP) is 5.27. The zero-order chi connectivity index (χ0) is 25.8. The SMILES string of the molecule is COc1ccc(C(=O)[C@H](C)OC(=O)[C@@H]2CC(=O)N(c3ccc(Oc4ccc(C)c(C)c4)cc3)C2)cc1. The molecule has 3 aromatic rings. The van der Waals surface area contributed by atoms with Crippen molar-refractivity contribution < 1.29 is 28.6 Å². The highest BCUT2D eigenvalue weighted by Crippen LogP contribution is 2.30. The van der Waals surface area contributed by atoms with Crippen molar-refractivity contribution in [3.05, 3.63) is 83.4 Å². The maximum atomic E-state index is 12.7. The Morgan fingerprint density at radius 1 is 0.889 bits per heavy atom. The summed E-state index contributed by atoms with van der Waals surface area (Å²) in [6.07, 6.45) is -0.930. The van der Waals surface area contributed by atoms with E-state index in [1.807, 2.05) is 32.0 Å². The van der Waals surface area contributed by atoms with Gasteiger partial charge in [-0.1, -0.05) is 6.07 Å². The van der Waals surface area contributed by atoms with Gasteiger partial charge < -0.3 is 19.1 Å². The van der Waals surface area contributed by atoms with Gasteiger partial charge in [-0.25, -0.2) is 0 Å². The van der Waals surface area contributed by atoms with E-state index < -0.39 is 18.0 Å². The first kappa shape index (κ1) is 25.0. The molecule has 0 N–H and O–H groups in total. The smallest absolute Gasteiger partial charge is 0.312 e. The third-order valence-electron chi connectivity index (χ3n) is 6.36. The van der Waals surface area contributed by atoms with E-state index in [2.05, 4.69) is 0 Å². The zero-order valence-electron chi connectivity index (χ0n) is 20.8. The number of esters is 1. The fraction of sp³-hybridized carbons (Fsp3) is 0.276. The molecular formula is C29H29NO6. The first-order valence-corrected chi connectivity index (χ1v) is 11.8. The van der Waals surface area contributed by atoms with Crippen molar-refractivity contribution in [2.45, 2.75) is 33.3 Å². The number of carbonyl (C=O) groups excluding carboxylic acids is 3. The maximum absolute atomic E-state index is 12.7. The van der Waals surface area contributed by atoms with Crippen LogP contribution in [0.3, 0.4) is 0 Å². The molecule has 1 fully saturated rings. The number of rotatable bonds is 8. The van der Waals surface area contributed by atoms with Gasteiger partial charge in [-0.05, 0) is 92.6 Å². The molecular weight excluding hydrogens is 458 g/mol. The van der Waals surface area contributed by atoms with Crippen LogP contribution >= 0.6 is 0 Å². The Morgan fingerprint density at radius 3 is 2.17 bits per heavy atom. The maximum Gasteiger partial charge on any atom is 0.312 e. The lowest BCUT2D eigenvalue weighted by Gasteiger charge is -2.18. The van der Waals surface area contributed by atoms with E-state index in [1.165, 1.54) is 12.5 Å². The van der Waals surface area contributed by atoms with Crippen LogP contribution in [0.25, 0.3) is 0 Å². The molecule has 1 heterocycles. The molecule has 4 rings (SSSR count). The number of carbonyl (C=O) groups is 3. The normalized spacial score (nSPS) is 15.9. The number of ether oxygens (including phenoxy) is 3. The van der Waals surface area contributed by atoms with Gasteiger partial charge in [0.2, 0.25) is 11.7 Å². The molecule has 0 radical (unpaired) electrons. The molecule has 1 aliphatic rings. The summed E-state index contributed by atoms with van der Waals surface area (Å²) in [6.45, 7) is 5.80. The number of Topliss-reactive ketones (excluding diaryl/α,β-unsaturated/α-hetero) is 1. The van der Waals surface area contributed by atoms with Crippen LogP contribution in [-0.2, 0) is 14.3 Å². The molecule has 7 nitrogen and oxygen atoms in total. The fourth-order valence-electron chi connectivity index (χ4n) is 4.04. The lowest BCUT2D eigenvalue weighted by atomic mass is 10.1. The van der Waals surface area contributed by atoms with Crippen LogP contribution in [0, 0.1) is 19.8 Å². The quantitative estimate of drug-likeness (QED) is 0.318. The van der Waals surface area contributed by atoms with Crippen LogP contribution in [-0.4, -0.2) is 37.4 Å². The Bertz CT molecular complexity index is 1270. The monoisotopic (exact) mass is 487 g/mol. The number of methoxy groups -OCH3 is 1. The number of hydrogen-bond donors (Lipinski definition) is 0. The minimum atomic E-state index is -0.961. The number of aryl methyl sites for hydroxylation is 2. The van der Waals surface area contributed by atoms with E-state index in [-0.39, 0.29) is 24.7 Å². The summed E-state index contributed by atoms with van der Waals surface area (Å²) in [5.41, 5.74) is 3.43. The minimum Gasteiger partial charge on any atom is -0.497 e. The van der Waals surface area contributed by atoms with Gasteiger partial charge in [0.25, 0.3) is 0 Å². The molecule has 1 aliphatic heterocycles. The number of ketones is 1. The molecule has 0 aliphatic carbocycles. The van der Waals surface area contributed by atoms with Crippen molar-refractivity contribution in [1.29, 1.82) is 0 Å². The van der Waals surface area contributed by atoms with Gasteiger partial charge in [0.05, 0.1) is 13.0 Å². The highest BCUT2D eigenvalue weighted by atomic mass is 16.5. The lowest BCUT2D eigenvalue weighted by molar-refractivity contribution is -0.151. The van der Waals surface area contributed by atoms with E-state index >= 15 is 0 Å². The highest BCUT2D eigenvalue weighted by Gasteiger charge is 2.37. The van der Waals surface area contributed by atoms with E-state index in [9.17, 15) is 14.4 Å². The molecule has 36 heavy (non-hydrogen) atoms. The summed E-state index contributed by atoms with van der Waals surface area (Å²) in [7, 11) is 1.54. The van der Waals surface area contributed by atoms with Crippen molar-refractivity contribution in [3.63, 3.8) is 0 Å². The fourth-order valence-corrected chi connectivity index (χ4v) is 4.04. The van der Waals surface area contributed by atoms with Gasteiger partial charge in [0, 0.05) is 24.2 Å². The number of hydrogen-bond acceptors (Lipinski definition) is 6. The molecule has 1 amide bonds. The van der Waals surface area contributed by atoms with E-state index in [1.54, 1.807) is 60.5 Å². The summed E-state index contributed by atoms with van der Waals surface area (Å²) in [4.78, 5) is 39.6. The summed E-state index contributed by atoms with van der Waals surface area (Å²) in [6, 6.07) is 19.7. The van der Waals surface area contributed by atoms with Gasteiger partial charge in [-0.2, -0.15) is 0 Å². The number of anilines is 1. The van der Waals surface area contributed by atoms with Gasteiger partial charge >= 0.3 is 5.97 Å². The summed E-state index contributed by atoms with van der Waals surface area (Å²) < 4.78 is 16.4. The average molecular weight is 488 g/mol. The molecule has 3 aromatic carbocycles.